The highest BCUT2D eigenvalue weighted by molar-refractivity contribution is 5.89. The summed E-state index contributed by atoms with van der Waals surface area (Å²) in [5.74, 6) is -0.542. The molecule has 5 nitrogen and oxygen atoms in total. The van der Waals surface area contributed by atoms with Crippen LogP contribution in [0, 0.1) is 0 Å². The van der Waals surface area contributed by atoms with Crippen LogP contribution in [-0.4, -0.2) is 38.4 Å². The van der Waals surface area contributed by atoms with Crippen LogP contribution in [0.2, 0.25) is 0 Å². The van der Waals surface area contributed by atoms with Gasteiger partial charge in [-0.2, -0.15) is 0 Å². The lowest BCUT2D eigenvalue weighted by molar-refractivity contribution is -0.145. The number of hydrogen-bond acceptors (Lipinski definition) is 5. The van der Waals surface area contributed by atoms with Crippen LogP contribution in [0.15, 0.2) is 30.3 Å². The molecule has 24 heavy (non-hydrogen) atoms. The van der Waals surface area contributed by atoms with Crippen molar-refractivity contribution in [2.45, 2.75) is 45.4 Å². The summed E-state index contributed by atoms with van der Waals surface area (Å²) in [5.41, 5.74) is 0.519. The Hall–Kier alpha value is -1.88. The third-order valence-electron chi connectivity index (χ3n) is 3.45. The molecule has 0 spiro atoms. The second-order valence-electron chi connectivity index (χ2n) is 5.50. The molecule has 0 aromatic heterocycles. The molecule has 0 fully saturated rings. The molecule has 0 aliphatic heterocycles. The van der Waals surface area contributed by atoms with E-state index in [1.807, 2.05) is 6.07 Å². The molecule has 0 bridgehead atoms. The van der Waals surface area contributed by atoms with Crippen LogP contribution in [-0.2, 0) is 19.0 Å². The molecule has 0 saturated heterocycles. The zero-order valence-electron chi connectivity index (χ0n) is 14.5. The number of carbonyl (C=O) groups excluding carboxylic acids is 2. The third-order valence-corrected chi connectivity index (χ3v) is 3.45. The van der Waals surface area contributed by atoms with E-state index in [0.717, 1.165) is 12.8 Å². The highest BCUT2D eigenvalue weighted by atomic mass is 16.6. The largest absolute Gasteiger partial charge is 0.463 e. The molecule has 5 heteroatoms. The summed E-state index contributed by atoms with van der Waals surface area (Å²) >= 11 is 0. The van der Waals surface area contributed by atoms with Crippen LogP contribution in [0.25, 0.3) is 0 Å². The van der Waals surface area contributed by atoms with Crippen molar-refractivity contribution >= 4 is 11.9 Å². The Morgan fingerprint density at radius 3 is 2.21 bits per heavy atom. The van der Waals surface area contributed by atoms with Gasteiger partial charge < -0.3 is 14.2 Å². The van der Waals surface area contributed by atoms with E-state index >= 15 is 0 Å². The van der Waals surface area contributed by atoms with Crippen molar-refractivity contribution in [3.8, 4) is 0 Å². The fourth-order valence-electron chi connectivity index (χ4n) is 2.11. The average Bonchev–Trinajstić information content (AvgIpc) is 2.61. The minimum atomic E-state index is -0.367. The predicted molar refractivity (Wildman–Crippen MR) is 91.9 cm³/mol. The lowest BCUT2D eigenvalue weighted by Gasteiger charge is -2.07. The van der Waals surface area contributed by atoms with Crippen LogP contribution >= 0.6 is 0 Å². The Labute approximate surface area is 144 Å². The van der Waals surface area contributed by atoms with Gasteiger partial charge in [-0.15, -0.1) is 0 Å². The number of rotatable bonds is 13. The van der Waals surface area contributed by atoms with E-state index in [0.29, 0.717) is 18.6 Å². The molecule has 0 atom stereocenters. The van der Waals surface area contributed by atoms with Crippen molar-refractivity contribution in [1.29, 1.82) is 0 Å². The topological polar surface area (TPSA) is 61.8 Å². The van der Waals surface area contributed by atoms with Gasteiger partial charge >= 0.3 is 11.9 Å². The first-order chi connectivity index (χ1) is 11.7. The first-order valence-corrected chi connectivity index (χ1v) is 8.69. The normalized spacial score (nSPS) is 10.4. The van der Waals surface area contributed by atoms with Gasteiger partial charge in [-0.3, -0.25) is 4.79 Å². The van der Waals surface area contributed by atoms with E-state index in [2.05, 4.69) is 6.92 Å². The Morgan fingerprint density at radius 1 is 0.833 bits per heavy atom. The lowest BCUT2D eigenvalue weighted by Crippen LogP contribution is -2.14. The molecule has 1 aromatic rings. The van der Waals surface area contributed by atoms with Gasteiger partial charge in [0.1, 0.15) is 13.2 Å². The Balaban J connectivity index is 1.91. The second kappa shape index (κ2) is 13.5. The summed E-state index contributed by atoms with van der Waals surface area (Å²) in [5, 5.41) is 0. The SMILES string of the molecule is CCCCCCCC(=O)OCCOCCOC(=O)c1ccccc1. The number of ether oxygens (including phenoxy) is 3. The first-order valence-electron chi connectivity index (χ1n) is 8.69. The molecule has 0 amide bonds. The van der Waals surface area contributed by atoms with Crippen LogP contribution < -0.4 is 0 Å². The van der Waals surface area contributed by atoms with Crippen LogP contribution in [0.5, 0.6) is 0 Å². The standard InChI is InChI=1S/C19H28O5/c1-2-3-4-5-9-12-18(20)23-15-13-22-14-16-24-19(21)17-10-7-6-8-11-17/h6-8,10-11H,2-5,9,12-16H2,1H3. The molecule has 134 valence electrons. The number of benzene rings is 1. The Morgan fingerprint density at radius 2 is 1.50 bits per heavy atom. The summed E-state index contributed by atoms with van der Waals surface area (Å²) in [6.07, 6.45) is 6.02. The lowest BCUT2D eigenvalue weighted by atomic mass is 10.1. The van der Waals surface area contributed by atoms with Crippen molar-refractivity contribution in [2.75, 3.05) is 26.4 Å². The van der Waals surface area contributed by atoms with E-state index in [9.17, 15) is 9.59 Å². The average molecular weight is 336 g/mol. The van der Waals surface area contributed by atoms with Crippen LogP contribution in [0.3, 0.4) is 0 Å². The number of carbonyl (C=O) groups is 2. The molecule has 0 heterocycles. The maximum absolute atomic E-state index is 11.6. The summed E-state index contributed by atoms with van der Waals surface area (Å²) in [7, 11) is 0. The first kappa shape index (κ1) is 20.2. The van der Waals surface area contributed by atoms with E-state index in [1.165, 1.54) is 19.3 Å². The minimum absolute atomic E-state index is 0.175. The van der Waals surface area contributed by atoms with Gasteiger partial charge in [-0.1, -0.05) is 50.8 Å². The monoisotopic (exact) mass is 336 g/mol. The molecule has 1 aromatic carbocycles. The second-order valence-corrected chi connectivity index (χ2v) is 5.50. The quantitative estimate of drug-likeness (QED) is 0.405. The smallest absolute Gasteiger partial charge is 0.338 e. The van der Waals surface area contributed by atoms with Crippen molar-refractivity contribution in [3.63, 3.8) is 0 Å². The molecule has 0 saturated carbocycles. The van der Waals surface area contributed by atoms with E-state index in [4.69, 9.17) is 14.2 Å². The summed E-state index contributed by atoms with van der Waals surface area (Å²) < 4.78 is 15.4. The van der Waals surface area contributed by atoms with E-state index in [1.54, 1.807) is 24.3 Å². The van der Waals surface area contributed by atoms with Crippen molar-refractivity contribution < 1.29 is 23.8 Å². The third kappa shape index (κ3) is 10.0. The van der Waals surface area contributed by atoms with Crippen LogP contribution in [0.4, 0.5) is 0 Å². The predicted octanol–water partition coefficient (Wildman–Crippen LogP) is 3.76. The molecule has 0 radical (unpaired) electrons. The minimum Gasteiger partial charge on any atom is -0.463 e. The highest BCUT2D eigenvalue weighted by Crippen LogP contribution is 2.05. The van der Waals surface area contributed by atoms with Gasteiger partial charge in [0.15, 0.2) is 0 Å². The van der Waals surface area contributed by atoms with E-state index in [-0.39, 0.29) is 31.8 Å². The van der Waals surface area contributed by atoms with Crippen molar-refractivity contribution in [1.82, 2.24) is 0 Å². The highest BCUT2D eigenvalue weighted by Gasteiger charge is 2.05. The number of hydrogen-bond donors (Lipinski definition) is 0. The zero-order chi connectivity index (χ0) is 17.5. The number of esters is 2. The van der Waals surface area contributed by atoms with Gasteiger partial charge in [0.05, 0.1) is 18.8 Å². The van der Waals surface area contributed by atoms with Crippen molar-refractivity contribution in [2.24, 2.45) is 0 Å². The van der Waals surface area contributed by atoms with E-state index < -0.39 is 0 Å². The Kier molecular flexibility index (Phi) is 11.4. The van der Waals surface area contributed by atoms with Gasteiger partial charge in [0.2, 0.25) is 0 Å². The molecule has 0 unspecified atom stereocenters. The van der Waals surface area contributed by atoms with Gasteiger partial charge in [0.25, 0.3) is 0 Å². The maximum atomic E-state index is 11.6. The Bertz CT molecular complexity index is 458. The molecule has 0 aliphatic rings. The maximum Gasteiger partial charge on any atom is 0.338 e. The summed E-state index contributed by atoms with van der Waals surface area (Å²) in [6, 6.07) is 8.80. The summed E-state index contributed by atoms with van der Waals surface area (Å²) in [6.45, 7) is 3.17. The number of unbranched alkanes of at least 4 members (excludes halogenated alkanes) is 4. The van der Waals surface area contributed by atoms with Gasteiger partial charge in [-0.25, -0.2) is 4.79 Å². The van der Waals surface area contributed by atoms with Crippen LogP contribution in [0.1, 0.15) is 55.8 Å². The molecule has 0 N–H and O–H groups in total. The molecule has 0 aliphatic carbocycles. The fourth-order valence-corrected chi connectivity index (χ4v) is 2.11. The molecular formula is C19H28O5. The molecule has 1 rings (SSSR count). The fraction of sp³-hybridized carbons (Fsp3) is 0.579. The molecular weight excluding hydrogens is 308 g/mol. The van der Waals surface area contributed by atoms with Gasteiger partial charge in [-0.05, 0) is 18.6 Å². The van der Waals surface area contributed by atoms with Gasteiger partial charge in [0, 0.05) is 6.42 Å². The summed E-state index contributed by atoms with van der Waals surface area (Å²) in [4.78, 5) is 23.1. The van der Waals surface area contributed by atoms with Crippen molar-refractivity contribution in [3.05, 3.63) is 35.9 Å². The zero-order valence-corrected chi connectivity index (χ0v) is 14.5.